The van der Waals surface area contributed by atoms with E-state index in [4.69, 9.17) is 0 Å². The molecule has 2 nitrogen and oxygen atoms in total. The van der Waals surface area contributed by atoms with Crippen LogP contribution in [0.5, 0.6) is 0 Å². The number of fused-ring (bicyclic) bond motifs is 1. The van der Waals surface area contributed by atoms with E-state index in [-0.39, 0.29) is 9.17 Å². The summed E-state index contributed by atoms with van der Waals surface area (Å²) in [5.41, 5.74) is 0.329. The monoisotopic (exact) mass is 328 g/mol. The molecule has 0 saturated carbocycles. The molecule has 1 heterocycles. The lowest BCUT2D eigenvalue weighted by Gasteiger charge is -1.99. The van der Waals surface area contributed by atoms with Crippen LogP contribution in [0.4, 0.5) is 8.78 Å². The lowest BCUT2D eigenvalue weighted by molar-refractivity contribution is 0.513. The van der Waals surface area contributed by atoms with E-state index in [0.29, 0.717) is 9.99 Å². The van der Waals surface area contributed by atoms with Gasteiger partial charge in [0.2, 0.25) is 0 Å². The van der Waals surface area contributed by atoms with E-state index >= 15 is 0 Å². The molecule has 0 fully saturated rings. The van der Waals surface area contributed by atoms with Crippen molar-refractivity contribution in [3.8, 4) is 0 Å². The van der Waals surface area contributed by atoms with Gasteiger partial charge < -0.3 is 0 Å². The van der Waals surface area contributed by atoms with Gasteiger partial charge >= 0.3 is 0 Å². The molecule has 0 saturated heterocycles. The van der Waals surface area contributed by atoms with Gasteiger partial charge in [-0.1, -0.05) is 4.49 Å². The Labute approximate surface area is 92.4 Å². The van der Waals surface area contributed by atoms with Crippen LogP contribution in [0.1, 0.15) is 0 Å². The molecule has 0 aliphatic rings. The molecule has 0 aliphatic carbocycles. The molecule has 0 N–H and O–H groups in total. The number of benzene rings is 1. The average molecular weight is 330 g/mol. The number of hydrogen-bond acceptors (Lipinski definition) is 3. The summed E-state index contributed by atoms with van der Waals surface area (Å²) >= 11 is 6.83. The first-order valence-electron chi connectivity index (χ1n) is 3.07. The van der Waals surface area contributed by atoms with Crippen molar-refractivity contribution in [2.24, 2.45) is 0 Å². The number of halogens is 4. The maximum absolute atomic E-state index is 13.2. The number of rotatable bonds is 0. The molecule has 1 aromatic heterocycles. The highest BCUT2D eigenvalue weighted by Crippen LogP contribution is 2.36. The maximum Gasteiger partial charge on any atom is 0.181 e. The van der Waals surface area contributed by atoms with Crippen molar-refractivity contribution >= 4 is 53.6 Å². The van der Waals surface area contributed by atoms with E-state index in [1.165, 1.54) is 0 Å². The number of aromatic nitrogens is 2. The molecule has 0 aliphatic heterocycles. The third-order valence-corrected chi connectivity index (χ3v) is 4.24. The molecule has 2 aromatic rings. The summed E-state index contributed by atoms with van der Waals surface area (Å²) in [7, 11) is 0. The first-order chi connectivity index (χ1) is 6.13. The Kier molecular flexibility index (Phi) is 2.33. The van der Waals surface area contributed by atoms with Crippen molar-refractivity contribution in [3.63, 3.8) is 0 Å². The van der Waals surface area contributed by atoms with Gasteiger partial charge in [-0.05, 0) is 43.4 Å². The van der Waals surface area contributed by atoms with Crippen LogP contribution in [0.25, 0.3) is 10.2 Å². The lowest BCUT2D eigenvalue weighted by atomic mass is 10.3. The lowest BCUT2D eigenvalue weighted by Crippen LogP contribution is -1.88. The van der Waals surface area contributed by atoms with Gasteiger partial charge in [0, 0.05) is 0 Å². The van der Waals surface area contributed by atoms with Crippen LogP contribution >= 0.6 is 43.4 Å². The molecular weight excluding hydrogens is 330 g/mol. The zero-order valence-electron chi connectivity index (χ0n) is 5.81. The smallest absolute Gasteiger partial charge is 0.181 e. The van der Waals surface area contributed by atoms with E-state index in [0.717, 1.165) is 11.5 Å². The van der Waals surface area contributed by atoms with E-state index < -0.39 is 11.6 Å². The van der Waals surface area contributed by atoms with Gasteiger partial charge in [-0.25, -0.2) is 8.78 Å². The molecule has 1 aromatic carbocycles. The fourth-order valence-electron chi connectivity index (χ4n) is 0.875. The van der Waals surface area contributed by atoms with E-state index in [1.807, 2.05) is 0 Å². The minimum absolute atomic E-state index is 0.0326. The molecule has 7 heteroatoms. The number of nitrogens with zero attached hydrogens (tertiary/aromatic N) is 2. The Bertz CT molecular complexity index is 443. The van der Waals surface area contributed by atoms with Crippen LogP contribution in [0, 0.1) is 11.6 Å². The third-order valence-electron chi connectivity index (χ3n) is 1.47. The summed E-state index contributed by atoms with van der Waals surface area (Å²) in [6.07, 6.45) is 0. The van der Waals surface area contributed by atoms with Gasteiger partial charge in [0.05, 0.1) is 8.95 Å². The van der Waals surface area contributed by atoms with Gasteiger partial charge in [-0.3, -0.25) is 0 Å². The highest BCUT2D eigenvalue weighted by Gasteiger charge is 2.19. The fraction of sp³-hybridized carbons (Fsp3) is 0. The third kappa shape index (κ3) is 1.29. The Balaban J connectivity index is 3.02. The molecule has 68 valence electrons. The van der Waals surface area contributed by atoms with Crippen LogP contribution in [0.3, 0.4) is 0 Å². The van der Waals surface area contributed by atoms with Crippen LogP contribution in [-0.2, 0) is 0 Å². The quantitative estimate of drug-likeness (QED) is 0.546. The maximum atomic E-state index is 13.2. The van der Waals surface area contributed by atoms with Crippen molar-refractivity contribution in [3.05, 3.63) is 20.6 Å². The van der Waals surface area contributed by atoms with Gasteiger partial charge in [0.1, 0.15) is 10.2 Å². The highest BCUT2D eigenvalue weighted by atomic mass is 79.9. The highest BCUT2D eigenvalue weighted by molar-refractivity contribution is 9.13. The molecular formula is C6Br2F2N2S. The van der Waals surface area contributed by atoms with Crippen LogP contribution in [0.15, 0.2) is 8.95 Å². The first-order valence-corrected chi connectivity index (χ1v) is 5.43. The summed E-state index contributed by atoms with van der Waals surface area (Å²) in [5, 5.41) is 3.67. The molecule has 0 radical (unpaired) electrons. The largest absolute Gasteiger partial charge is 0.202 e. The summed E-state index contributed by atoms with van der Waals surface area (Å²) in [5.74, 6) is -1.84. The topological polar surface area (TPSA) is 25.8 Å². The SMILES string of the molecule is Fc1c(Br)c(Br)c2nnsc2c1F. The first kappa shape index (κ1) is 9.42. The van der Waals surface area contributed by atoms with Crippen molar-refractivity contribution in [2.45, 2.75) is 0 Å². The van der Waals surface area contributed by atoms with Crippen LogP contribution in [-0.4, -0.2) is 9.59 Å². The molecule has 0 unspecified atom stereocenters. The Hall–Kier alpha value is -0.140. The zero-order valence-corrected chi connectivity index (χ0v) is 9.80. The van der Waals surface area contributed by atoms with Gasteiger partial charge in [-0.15, -0.1) is 5.10 Å². The van der Waals surface area contributed by atoms with Gasteiger partial charge in [0.15, 0.2) is 11.6 Å². The average Bonchev–Trinajstić information content (AvgIpc) is 2.59. The van der Waals surface area contributed by atoms with Crippen LogP contribution < -0.4 is 0 Å². The Morgan fingerprint density at radius 3 is 2.46 bits per heavy atom. The summed E-state index contributed by atoms with van der Waals surface area (Å²) in [4.78, 5) is 0. The van der Waals surface area contributed by atoms with E-state index in [2.05, 4.69) is 41.4 Å². The Morgan fingerprint density at radius 1 is 1.08 bits per heavy atom. The minimum Gasteiger partial charge on any atom is -0.202 e. The predicted octanol–water partition coefficient (Wildman–Crippen LogP) is 3.49. The van der Waals surface area contributed by atoms with Gasteiger partial charge in [0.25, 0.3) is 0 Å². The molecule has 0 bridgehead atoms. The van der Waals surface area contributed by atoms with E-state index in [9.17, 15) is 8.78 Å². The van der Waals surface area contributed by atoms with Crippen molar-refractivity contribution < 1.29 is 8.78 Å². The predicted molar refractivity (Wildman–Crippen MR) is 52.7 cm³/mol. The minimum atomic E-state index is -0.926. The van der Waals surface area contributed by atoms with Crippen LogP contribution in [0.2, 0.25) is 0 Å². The normalized spacial score (nSPS) is 11.1. The zero-order chi connectivity index (χ0) is 9.59. The molecule has 0 spiro atoms. The Morgan fingerprint density at radius 2 is 1.77 bits per heavy atom. The second-order valence-corrected chi connectivity index (χ2v) is 4.55. The standard InChI is InChI=1S/C6Br2F2N2S/c7-1-2(8)5-6(13-12-11-5)4(10)3(1)9. The molecule has 13 heavy (non-hydrogen) atoms. The summed E-state index contributed by atoms with van der Waals surface area (Å²) in [6, 6.07) is 0. The van der Waals surface area contributed by atoms with Crippen molar-refractivity contribution in [2.75, 3.05) is 0 Å². The summed E-state index contributed by atoms with van der Waals surface area (Å²) in [6.45, 7) is 0. The van der Waals surface area contributed by atoms with Crippen molar-refractivity contribution in [1.29, 1.82) is 0 Å². The van der Waals surface area contributed by atoms with E-state index in [1.54, 1.807) is 0 Å². The number of hydrogen-bond donors (Lipinski definition) is 0. The second-order valence-electron chi connectivity index (χ2n) is 2.21. The van der Waals surface area contributed by atoms with Crippen molar-refractivity contribution in [1.82, 2.24) is 9.59 Å². The molecule has 0 amide bonds. The fourth-order valence-corrected chi connectivity index (χ4v) is 2.42. The molecule has 0 atom stereocenters. The van der Waals surface area contributed by atoms with Gasteiger partial charge in [-0.2, -0.15) is 0 Å². The molecule has 2 rings (SSSR count). The summed E-state index contributed by atoms with van der Waals surface area (Å²) < 4.78 is 30.3. The second kappa shape index (κ2) is 3.21.